The molecule has 0 atom stereocenters. The van der Waals surface area contributed by atoms with Crippen molar-refractivity contribution in [2.45, 2.75) is 26.2 Å². The molecule has 0 heterocycles. The second kappa shape index (κ2) is 4.43. The van der Waals surface area contributed by atoms with Gasteiger partial charge in [0.15, 0.2) is 5.84 Å². The normalized spacial score (nSPS) is 12.6. The van der Waals surface area contributed by atoms with Crippen molar-refractivity contribution in [3.63, 3.8) is 0 Å². The Labute approximate surface area is 95.7 Å². The highest BCUT2D eigenvalue weighted by Crippen LogP contribution is 2.27. The van der Waals surface area contributed by atoms with Gasteiger partial charge in [0.2, 0.25) is 0 Å². The summed E-state index contributed by atoms with van der Waals surface area (Å²) >= 11 is 0. The largest absolute Gasteiger partial charge is 0.496 e. The van der Waals surface area contributed by atoms with Gasteiger partial charge in [-0.05, 0) is 23.1 Å². The highest BCUT2D eigenvalue weighted by atomic mass is 16.5. The minimum Gasteiger partial charge on any atom is -0.496 e. The van der Waals surface area contributed by atoms with Crippen LogP contribution < -0.4 is 10.5 Å². The van der Waals surface area contributed by atoms with Gasteiger partial charge in [-0.2, -0.15) is 0 Å². The van der Waals surface area contributed by atoms with Gasteiger partial charge in [0, 0.05) is 0 Å². The van der Waals surface area contributed by atoms with Gasteiger partial charge >= 0.3 is 0 Å². The average molecular weight is 222 g/mol. The van der Waals surface area contributed by atoms with Gasteiger partial charge in [0.25, 0.3) is 0 Å². The van der Waals surface area contributed by atoms with Gasteiger partial charge < -0.3 is 15.7 Å². The molecule has 0 aliphatic rings. The Morgan fingerprint density at radius 1 is 1.38 bits per heavy atom. The van der Waals surface area contributed by atoms with E-state index in [2.05, 4.69) is 25.9 Å². The van der Waals surface area contributed by atoms with Gasteiger partial charge in [-0.15, -0.1) is 0 Å². The minimum atomic E-state index is 0.0107. The fourth-order valence-electron chi connectivity index (χ4n) is 1.43. The van der Waals surface area contributed by atoms with Crippen LogP contribution in [-0.4, -0.2) is 18.2 Å². The number of oxime groups is 1. The number of rotatable bonds is 2. The number of ether oxygens (including phenoxy) is 1. The predicted molar refractivity (Wildman–Crippen MR) is 64.2 cm³/mol. The van der Waals surface area contributed by atoms with E-state index in [9.17, 15) is 0 Å². The molecule has 4 heteroatoms. The van der Waals surface area contributed by atoms with Gasteiger partial charge in [0.1, 0.15) is 5.75 Å². The molecule has 0 amide bonds. The number of nitrogens with zero attached hydrogens (tertiary/aromatic N) is 1. The Balaban J connectivity index is 3.33. The number of methoxy groups -OCH3 is 1. The third-order valence-electron chi connectivity index (χ3n) is 2.45. The molecule has 0 saturated heterocycles. The van der Waals surface area contributed by atoms with E-state index in [0.717, 1.165) is 5.56 Å². The summed E-state index contributed by atoms with van der Waals surface area (Å²) in [6.45, 7) is 6.31. The standard InChI is InChI=1S/C12H18N2O2/c1-12(2,3)8-5-6-10(16-4)9(7-8)11(13)14-15/h5-7,15H,1-4H3,(H2,13,14). The van der Waals surface area contributed by atoms with E-state index in [0.29, 0.717) is 11.3 Å². The number of hydrogen-bond acceptors (Lipinski definition) is 3. The second-order valence-electron chi connectivity index (χ2n) is 4.65. The predicted octanol–water partition coefficient (Wildman–Crippen LogP) is 2.09. The summed E-state index contributed by atoms with van der Waals surface area (Å²) in [5, 5.41) is 11.7. The van der Waals surface area contributed by atoms with Crippen LogP contribution in [0.15, 0.2) is 23.4 Å². The molecular weight excluding hydrogens is 204 g/mol. The summed E-state index contributed by atoms with van der Waals surface area (Å²) in [4.78, 5) is 0. The molecule has 0 unspecified atom stereocenters. The Morgan fingerprint density at radius 3 is 2.44 bits per heavy atom. The first-order valence-electron chi connectivity index (χ1n) is 5.06. The third-order valence-corrected chi connectivity index (χ3v) is 2.45. The molecular formula is C12H18N2O2. The lowest BCUT2D eigenvalue weighted by molar-refractivity contribution is 0.318. The minimum absolute atomic E-state index is 0.0107. The van der Waals surface area contributed by atoms with Gasteiger partial charge in [-0.1, -0.05) is 32.0 Å². The lowest BCUT2D eigenvalue weighted by Crippen LogP contribution is -2.17. The maximum absolute atomic E-state index is 8.71. The molecule has 1 rings (SSSR count). The van der Waals surface area contributed by atoms with Crippen LogP contribution in [0.5, 0.6) is 5.75 Å². The molecule has 0 radical (unpaired) electrons. The van der Waals surface area contributed by atoms with Crippen LogP contribution in [0.4, 0.5) is 0 Å². The van der Waals surface area contributed by atoms with Crippen molar-refractivity contribution in [2.24, 2.45) is 10.9 Å². The van der Waals surface area contributed by atoms with Gasteiger partial charge in [-0.3, -0.25) is 0 Å². The van der Waals surface area contributed by atoms with E-state index in [1.165, 1.54) is 0 Å². The van der Waals surface area contributed by atoms with Crippen molar-refractivity contribution in [1.82, 2.24) is 0 Å². The zero-order valence-corrected chi connectivity index (χ0v) is 10.1. The molecule has 16 heavy (non-hydrogen) atoms. The maximum Gasteiger partial charge on any atom is 0.173 e. The van der Waals surface area contributed by atoms with Crippen LogP contribution >= 0.6 is 0 Å². The lowest BCUT2D eigenvalue weighted by atomic mass is 9.86. The highest BCUT2D eigenvalue weighted by molar-refractivity contribution is 5.99. The smallest absolute Gasteiger partial charge is 0.173 e. The lowest BCUT2D eigenvalue weighted by Gasteiger charge is -2.20. The van der Waals surface area contributed by atoms with Crippen LogP contribution in [0.25, 0.3) is 0 Å². The SMILES string of the molecule is COc1ccc(C(C)(C)C)cc1/C(N)=N/O. The molecule has 3 N–H and O–H groups in total. The summed E-state index contributed by atoms with van der Waals surface area (Å²) in [5.41, 5.74) is 7.33. The van der Waals surface area contributed by atoms with E-state index in [1.54, 1.807) is 7.11 Å². The number of benzene rings is 1. The molecule has 0 spiro atoms. The van der Waals surface area contributed by atoms with Crippen LogP contribution in [0.2, 0.25) is 0 Å². The van der Waals surface area contributed by atoms with Crippen LogP contribution in [-0.2, 0) is 5.41 Å². The first-order chi connectivity index (χ1) is 7.40. The first kappa shape index (κ1) is 12.4. The van der Waals surface area contributed by atoms with Gasteiger partial charge in [0.05, 0.1) is 12.7 Å². The summed E-state index contributed by atoms with van der Waals surface area (Å²) < 4.78 is 5.16. The Hall–Kier alpha value is -1.71. The fourth-order valence-corrected chi connectivity index (χ4v) is 1.43. The molecule has 1 aromatic rings. The summed E-state index contributed by atoms with van der Waals surface area (Å²) in [6, 6.07) is 5.69. The van der Waals surface area contributed by atoms with E-state index in [1.807, 2.05) is 18.2 Å². The third kappa shape index (κ3) is 2.45. The summed E-state index contributed by atoms with van der Waals surface area (Å²) in [5.74, 6) is 0.659. The fraction of sp³-hybridized carbons (Fsp3) is 0.417. The van der Waals surface area contributed by atoms with Crippen molar-refractivity contribution in [2.75, 3.05) is 7.11 Å². The first-order valence-corrected chi connectivity index (χ1v) is 5.06. The van der Waals surface area contributed by atoms with Gasteiger partial charge in [-0.25, -0.2) is 0 Å². The molecule has 1 aromatic carbocycles. The molecule has 0 fully saturated rings. The number of amidine groups is 1. The summed E-state index contributed by atoms with van der Waals surface area (Å²) in [6.07, 6.45) is 0. The Bertz CT molecular complexity index is 406. The van der Waals surface area contributed by atoms with E-state index >= 15 is 0 Å². The molecule has 0 bridgehead atoms. The van der Waals surface area contributed by atoms with Crippen LogP contribution in [0.1, 0.15) is 31.9 Å². The quantitative estimate of drug-likeness (QED) is 0.348. The molecule has 4 nitrogen and oxygen atoms in total. The molecule has 0 aliphatic heterocycles. The van der Waals surface area contributed by atoms with E-state index in [-0.39, 0.29) is 11.3 Å². The number of hydrogen-bond donors (Lipinski definition) is 2. The Kier molecular flexibility index (Phi) is 3.42. The molecule has 0 aliphatic carbocycles. The highest BCUT2D eigenvalue weighted by Gasteiger charge is 2.17. The Morgan fingerprint density at radius 2 is 2.00 bits per heavy atom. The van der Waals surface area contributed by atoms with Crippen molar-refractivity contribution < 1.29 is 9.94 Å². The second-order valence-corrected chi connectivity index (χ2v) is 4.65. The topological polar surface area (TPSA) is 67.8 Å². The van der Waals surface area contributed by atoms with Crippen LogP contribution in [0, 0.1) is 0 Å². The maximum atomic E-state index is 8.71. The average Bonchev–Trinajstić information content (AvgIpc) is 2.25. The van der Waals surface area contributed by atoms with Crippen molar-refractivity contribution in [1.29, 1.82) is 0 Å². The monoisotopic (exact) mass is 222 g/mol. The number of nitrogens with two attached hydrogens (primary N) is 1. The van der Waals surface area contributed by atoms with E-state index in [4.69, 9.17) is 15.7 Å². The molecule has 0 aromatic heterocycles. The van der Waals surface area contributed by atoms with Crippen molar-refractivity contribution in [3.05, 3.63) is 29.3 Å². The van der Waals surface area contributed by atoms with E-state index < -0.39 is 0 Å². The summed E-state index contributed by atoms with van der Waals surface area (Å²) in [7, 11) is 1.56. The zero-order valence-electron chi connectivity index (χ0n) is 10.1. The molecule has 88 valence electrons. The van der Waals surface area contributed by atoms with Crippen molar-refractivity contribution >= 4 is 5.84 Å². The molecule has 0 saturated carbocycles. The van der Waals surface area contributed by atoms with Crippen molar-refractivity contribution in [3.8, 4) is 5.75 Å². The van der Waals surface area contributed by atoms with Crippen LogP contribution in [0.3, 0.4) is 0 Å². The zero-order chi connectivity index (χ0) is 12.3.